The Morgan fingerprint density at radius 3 is 2.44 bits per heavy atom. The SMILES string of the molecule is COc1ccccc1NC(=O)c1cc(NC(=O)CSC)cc(C(F)(F)F)c1. The summed E-state index contributed by atoms with van der Waals surface area (Å²) in [6, 6.07) is 9.23. The lowest BCUT2D eigenvalue weighted by molar-refractivity contribution is -0.137. The van der Waals surface area contributed by atoms with Crippen LogP contribution in [0.2, 0.25) is 0 Å². The van der Waals surface area contributed by atoms with Crippen LogP contribution in [0.5, 0.6) is 5.75 Å². The summed E-state index contributed by atoms with van der Waals surface area (Å²) in [7, 11) is 1.41. The van der Waals surface area contributed by atoms with Crippen LogP contribution in [0.15, 0.2) is 42.5 Å². The van der Waals surface area contributed by atoms with Crippen molar-refractivity contribution in [2.45, 2.75) is 6.18 Å². The summed E-state index contributed by atoms with van der Waals surface area (Å²) in [5, 5.41) is 4.89. The molecule has 2 amide bonds. The summed E-state index contributed by atoms with van der Waals surface area (Å²) in [5.74, 6) is -0.769. The van der Waals surface area contributed by atoms with E-state index in [4.69, 9.17) is 4.74 Å². The molecule has 0 spiro atoms. The van der Waals surface area contributed by atoms with Crippen molar-refractivity contribution >= 4 is 35.0 Å². The monoisotopic (exact) mass is 398 g/mol. The van der Waals surface area contributed by atoms with E-state index in [1.807, 2.05) is 0 Å². The van der Waals surface area contributed by atoms with Crippen LogP contribution in [0.25, 0.3) is 0 Å². The number of hydrogen-bond acceptors (Lipinski definition) is 4. The molecule has 2 N–H and O–H groups in total. The zero-order chi connectivity index (χ0) is 20.0. The topological polar surface area (TPSA) is 67.4 Å². The number of hydrogen-bond donors (Lipinski definition) is 2. The second-order valence-corrected chi connectivity index (χ2v) is 6.30. The highest BCUT2D eigenvalue weighted by Gasteiger charge is 2.32. The highest BCUT2D eigenvalue weighted by Crippen LogP contribution is 2.32. The Hall–Kier alpha value is -2.68. The molecule has 0 aromatic heterocycles. The van der Waals surface area contributed by atoms with Gasteiger partial charge < -0.3 is 15.4 Å². The number of anilines is 2. The van der Waals surface area contributed by atoms with Crippen LogP contribution in [0.4, 0.5) is 24.5 Å². The van der Waals surface area contributed by atoms with Crippen LogP contribution in [-0.4, -0.2) is 30.9 Å². The Balaban J connectivity index is 2.36. The van der Waals surface area contributed by atoms with E-state index in [0.29, 0.717) is 11.4 Å². The van der Waals surface area contributed by atoms with E-state index in [-0.39, 0.29) is 17.0 Å². The van der Waals surface area contributed by atoms with Gasteiger partial charge in [0.25, 0.3) is 5.91 Å². The summed E-state index contributed by atoms with van der Waals surface area (Å²) in [6.45, 7) is 0. The van der Waals surface area contributed by atoms with Crippen molar-refractivity contribution in [2.24, 2.45) is 0 Å². The van der Waals surface area contributed by atoms with Gasteiger partial charge in [0.2, 0.25) is 5.91 Å². The van der Waals surface area contributed by atoms with Crippen molar-refractivity contribution in [1.29, 1.82) is 0 Å². The highest BCUT2D eigenvalue weighted by atomic mass is 32.2. The maximum atomic E-state index is 13.2. The Morgan fingerprint density at radius 1 is 1.11 bits per heavy atom. The smallest absolute Gasteiger partial charge is 0.416 e. The van der Waals surface area contributed by atoms with E-state index >= 15 is 0 Å². The van der Waals surface area contributed by atoms with E-state index < -0.39 is 23.6 Å². The van der Waals surface area contributed by atoms with Crippen LogP contribution >= 0.6 is 11.8 Å². The van der Waals surface area contributed by atoms with E-state index in [1.54, 1.807) is 30.5 Å². The largest absolute Gasteiger partial charge is 0.495 e. The van der Waals surface area contributed by atoms with Gasteiger partial charge in [-0.15, -0.1) is 0 Å². The molecule has 2 aromatic carbocycles. The predicted molar refractivity (Wildman–Crippen MR) is 99.4 cm³/mol. The average Bonchev–Trinajstić information content (AvgIpc) is 2.61. The van der Waals surface area contributed by atoms with Crippen molar-refractivity contribution in [1.82, 2.24) is 0 Å². The molecule has 0 fully saturated rings. The van der Waals surface area contributed by atoms with Crippen molar-refractivity contribution in [3.63, 3.8) is 0 Å². The van der Waals surface area contributed by atoms with Crippen molar-refractivity contribution < 1.29 is 27.5 Å². The van der Waals surface area contributed by atoms with E-state index in [9.17, 15) is 22.8 Å². The third kappa shape index (κ3) is 5.65. The Kier molecular flexibility index (Phi) is 6.73. The van der Waals surface area contributed by atoms with Gasteiger partial charge in [0.1, 0.15) is 5.75 Å². The second kappa shape index (κ2) is 8.81. The zero-order valence-corrected chi connectivity index (χ0v) is 15.3. The number of nitrogens with one attached hydrogen (secondary N) is 2. The van der Waals surface area contributed by atoms with Gasteiger partial charge >= 0.3 is 6.18 Å². The summed E-state index contributed by atoms with van der Waals surface area (Å²) in [4.78, 5) is 24.2. The first-order valence-electron chi connectivity index (χ1n) is 7.70. The number of benzene rings is 2. The fourth-order valence-electron chi connectivity index (χ4n) is 2.27. The van der Waals surface area contributed by atoms with Gasteiger partial charge in [-0.1, -0.05) is 12.1 Å². The minimum atomic E-state index is -4.67. The van der Waals surface area contributed by atoms with Crippen molar-refractivity contribution in [2.75, 3.05) is 29.8 Å². The molecule has 0 heterocycles. The van der Waals surface area contributed by atoms with Gasteiger partial charge in [-0.2, -0.15) is 24.9 Å². The molecule has 0 radical (unpaired) electrons. The zero-order valence-electron chi connectivity index (χ0n) is 14.5. The molecule has 0 aliphatic rings. The number of ether oxygens (including phenoxy) is 1. The second-order valence-electron chi connectivity index (χ2n) is 5.43. The molecule has 0 atom stereocenters. The summed E-state index contributed by atoms with van der Waals surface area (Å²) in [5.41, 5.74) is -1.06. The van der Waals surface area contributed by atoms with Crippen LogP contribution in [0.3, 0.4) is 0 Å². The highest BCUT2D eigenvalue weighted by molar-refractivity contribution is 7.99. The number of thioether (sulfide) groups is 1. The maximum absolute atomic E-state index is 13.2. The molecule has 0 aliphatic carbocycles. The van der Waals surface area contributed by atoms with E-state index in [0.717, 1.165) is 12.1 Å². The first-order valence-corrected chi connectivity index (χ1v) is 9.09. The van der Waals surface area contributed by atoms with Crippen LogP contribution in [0.1, 0.15) is 15.9 Å². The minimum Gasteiger partial charge on any atom is -0.495 e. The van der Waals surface area contributed by atoms with E-state index in [1.165, 1.54) is 24.9 Å². The number of para-hydroxylation sites is 2. The first kappa shape index (κ1) is 20.6. The Labute approximate surface area is 158 Å². The molecule has 0 saturated heterocycles. The van der Waals surface area contributed by atoms with Gasteiger partial charge in [-0.3, -0.25) is 9.59 Å². The quantitative estimate of drug-likeness (QED) is 0.763. The predicted octanol–water partition coefficient (Wildman–Crippen LogP) is 4.27. The lowest BCUT2D eigenvalue weighted by atomic mass is 10.1. The van der Waals surface area contributed by atoms with E-state index in [2.05, 4.69) is 10.6 Å². The fraction of sp³-hybridized carbons (Fsp3) is 0.222. The number of halogens is 3. The molecule has 5 nitrogen and oxygen atoms in total. The van der Waals surface area contributed by atoms with Gasteiger partial charge in [-0.05, 0) is 36.6 Å². The lowest BCUT2D eigenvalue weighted by Crippen LogP contribution is -2.18. The minimum absolute atomic E-state index is 0.0823. The number of methoxy groups -OCH3 is 1. The number of rotatable bonds is 6. The van der Waals surface area contributed by atoms with Crippen LogP contribution < -0.4 is 15.4 Å². The molecule has 0 aliphatic heterocycles. The molecule has 0 saturated carbocycles. The summed E-state index contributed by atoms with van der Waals surface area (Å²) in [6.07, 6.45) is -2.97. The van der Waals surface area contributed by atoms with Crippen LogP contribution in [0, 0.1) is 0 Å². The maximum Gasteiger partial charge on any atom is 0.416 e. The number of alkyl halides is 3. The molecular weight excluding hydrogens is 381 g/mol. The van der Waals surface area contributed by atoms with Crippen molar-refractivity contribution in [3.8, 4) is 5.75 Å². The fourth-order valence-corrected chi connectivity index (χ4v) is 2.60. The van der Waals surface area contributed by atoms with Crippen LogP contribution in [-0.2, 0) is 11.0 Å². The van der Waals surface area contributed by atoms with Crippen molar-refractivity contribution in [3.05, 3.63) is 53.6 Å². The standard InChI is InChI=1S/C18H17F3N2O3S/c1-26-15-6-4-3-5-14(15)23-17(25)11-7-12(18(19,20)21)9-13(8-11)22-16(24)10-27-2/h3-9H,10H2,1-2H3,(H,22,24)(H,23,25). The first-order chi connectivity index (χ1) is 12.7. The molecule has 144 valence electrons. The lowest BCUT2D eigenvalue weighted by Gasteiger charge is -2.14. The molecule has 0 unspecified atom stereocenters. The normalized spacial score (nSPS) is 11.0. The molecule has 27 heavy (non-hydrogen) atoms. The molecular formula is C18H17F3N2O3S. The van der Waals surface area contributed by atoms with Gasteiger partial charge in [0.05, 0.1) is 24.1 Å². The molecule has 2 rings (SSSR count). The summed E-state index contributed by atoms with van der Waals surface area (Å²) >= 11 is 1.23. The Morgan fingerprint density at radius 2 is 1.81 bits per heavy atom. The number of amides is 2. The molecule has 0 bridgehead atoms. The summed E-state index contributed by atoms with van der Waals surface area (Å²) < 4.78 is 44.6. The third-order valence-corrected chi connectivity index (χ3v) is 3.99. The van der Waals surface area contributed by atoms with Gasteiger partial charge in [0, 0.05) is 11.3 Å². The Bertz CT molecular complexity index is 841. The average molecular weight is 398 g/mol. The number of carbonyl (C=O) groups is 2. The molecule has 9 heteroatoms. The van der Waals surface area contributed by atoms with Gasteiger partial charge in [0.15, 0.2) is 0 Å². The third-order valence-electron chi connectivity index (χ3n) is 3.44. The van der Waals surface area contributed by atoms with Gasteiger partial charge in [-0.25, -0.2) is 0 Å². The molecule has 2 aromatic rings. The number of carbonyl (C=O) groups excluding carboxylic acids is 2.